The summed E-state index contributed by atoms with van der Waals surface area (Å²) in [7, 11) is 0. The summed E-state index contributed by atoms with van der Waals surface area (Å²) in [6, 6.07) is 0. The fourth-order valence-electron chi connectivity index (χ4n) is 2.76. The number of alkyl carbamates (subject to hydrolysis) is 1. The van der Waals surface area contributed by atoms with E-state index in [0.29, 0.717) is 37.0 Å². The molecule has 3 N–H and O–H groups in total. The van der Waals surface area contributed by atoms with Crippen LogP contribution in [0.15, 0.2) is 28.8 Å². The van der Waals surface area contributed by atoms with Gasteiger partial charge in [-0.25, -0.2) is 14.5 Å². The maximum atomic E-state index is 11.6. The predicted octanol–water partition coefficient (Wildman–Crippen LogP) is 4.57. The van der Waals surface area contributed by atoms with Gasteiger partial charge in [-0.15, -0.1) is 10.2 Å². The summed E-state index contributed by atoms with van der Waals surface area (Å²) in [4.78, 5) is 15.9. The molecule has 0 radical (unpaired) electrons. The Morgan fingerprint density at radius 2 is 2.00 bits per heavy atom. The van der Waals surface area contributed by atoms with Gasteiger partial charge >= 0.3 is 6.09 Å². The fraction of sp³-hybridized carbons (Fsp3) is 0.650. The smallest absolute Gasteiger partial charge is 0.407 e. The molecule has 0 bridgehead atoms. The predicted molar refractivity (Wildman–Crippen MR) is 116 cm³/mol. The summed E-state index contributed by atoms with van der Waals surface area (Å²) in [6.45, 7) is 9.54. The van der Waals surface area contributed by atoms with Gasteiger partial charge in [0.1, 0.15) is 17.1 Å². The molecule has 0 saturated carbocycles. The number of amides is 1. The minimum absolute atomic E-state index is 0.428. The molecule has 0 aromatic carbocycles. The Morgan fingerprint density at radius 1 is 1.20 bits per heavy atom. The number of ether oxygens (including phenoxy) is 1. The van der Waals surface area contributed by atoms with Crippen molar-refractivity contribution in [3.05, 3.63) is 18.6 Å². The molecule has 0 aliphatic heterocycles. The molecular weight excluding hydrogens is 384 g/mol. The van der Waals surface area contributed by atoms with E-state index < -0.39 is 11.7 Å². The van der Waals surface area contributed by atoms with Crippen molar-refractivity contribution in [2.24, 2.45) is 10.2 Å². The van der Waals surface area contributed by atoms with Gasteiger partial charge in [0.15, 0.2) is 0 Å². The summed E-state index contributed by atoms with van der Waals surface area (Å²) < 4.78 is 8.83. The number of nitrogen functional groups attached to an aromatic ring is 1. The van der Waals surface area contributed by atoms with E-state index in [-0.39, 0.29) is 0 Å². The first-order valence-corrected chi connectivity index (χ1v) is 10.5. The van der Waals surface area contributed by atoms with Crippen LogP contribution in [-0.2, 0) is 17.8 Å². The lowest BCUT2D eigenvalue weighted by Gasteiger charge is -2.19. The van der Waals surface area contributed by atoms with Crippen molar-refractivity contribution in [3.63, 3.8) is 0 Å². The van der Waals surface area contributed by atoms with Crippen LogP contribution in [0.2, 0.25) is 0 Å². The van der Waals surface area contributed by atoms with Crippen molar-refractivity contribution in [3.8, 4) is 0 Å². The van der Waals surface area contributed by atoms with E-state index in [1.165, 1.54) is 19.3 Å². The van der Waals surface area contributed by atoms with E-state index in [4.69, 9.17) is 10.5 Å². The van der Waals surface area contributed by atoms with Crippen LogP contribution in [0.5, 0.6) is 0 Å². The van der Waals surface area contributed by atoms with Crippen molar-refractivity contribution >= 4 is 23.5 Å². The molecule has 0 fully saturated rings. The van der Waals surface area contributed by atoms with E-state index >= 15 is 0 Å². The lowest BCUT2D eigenvalue weighted by Crippen LogP contribution is -2.33. The minimum atomic E-state index is -0.513. The highest BCUT2D eigenvalue weighted by molar-refractivity contribution is 5.67. The maximum Gasteiger partial charge on any atom is 0.407 e. The minimum Gasteiger partial charge on any atom is -0.444 e. The Kier molecular flexibility index (Phi) is 8.82. The lowest BCUT2D eigenvalue weighted by molar-refractivity contribution is 0.0526. The summed E-state index contributed by atoms with van der Waals surface area (Å²) >= 11 is 0. The molecule has 2 rings (SSSR count). The van der Waals surface area contributed by atoms with Gasteiger partial charge in [-0.2, -0.15) is 5.10 Å². The monoisotopic (exact) mass is 418 g/mol. The highest BCUT2D eigenvalue weighted by atomic mass is 16.6. The van der Waals surface area contributed by atoms with E-state index in [9.17, 15) is 4.79 Å². The number of nitrogens with one attached hydrogen (secondary N) is 1. The molecule has 0 aliphatic rings. The van der Waals surface area contributed by atoms with Gasteiger partial charge in [0, 0.05) is 32.0 Å². The van der Waals surface area contributed by atoms with Gasteiger partial charge in [0.05, 0.1) is 6.20 Å². The first-order chi connectivity index (χ1) is 14.3. The summed E-state index contributed by atoms with van der Waals surface area (Å²) in [6.07, 6.45) is 10.1. The molecule has 2 heterocycles. The van der Waals surface area contributed by atoms with Crippen LogP contribution >= 0.6 is 0 Å². The normalized spacial score (nSPS) is 11.9. The van der Waals surface area contributed by atoms with Crippen molar-refractivity contribution < 1.29 is 9.53 Å². The number of rotatable bonds is 11. The van der Waals surface area contributed by atoms with Gasteiger partial charge in [0.2, 0.25) is 5.95 Å². The molecule has 30 heavy (non-hydrogen) atoms. The molecule has 2 aromatic heterocycles. The zero-order chi connectivity index (χ0) is 22.0. The van der Waals surface area contributed by atoms with Crippen molar-refractivity contribution in [2.75, 3.05) is 12.3 Å². The van der Waals surface area contributed by atoms with E-state index in [1.807, 2.05) is 31.5 Å². The first kappa shape index (κ1) is 23.4. The second-order valence-electron chi connectivity index (χ2n) is 8.10. The Hall–Kier alpha value is -2.91. The van der Waals surface area contributed by atoms with Crippen molar-refractivity contribution in [1.82, 2.24) is 24.6 Å². The molecule has 166 valence electrons. The summed E-state index contributed by atoms with van der Waals surface area (Å²) in [5.74, 6) is 0.984. The number of carbonyl (C=O) groups is 1. The number of aromatic nitrogens is 4. The third-order valence-corrected chi connectivity index (χ3v) is 4.27. The quantitative estimate of drug-likeness (QED) is 0.408. The molecule has 0 spiro atoms. The SMILES string of the molecule is CCCCCCn1ccnc1/N=N/c1cnn(CCCNC(=O)OC(C)(C)C)c1N. The number of anilines is 1. The van der Waals surface area contributed by atoms with Gasteiger partial charge in [-0.3, -0.25) is 0 Å². The highest BCUT2D eigenvalue weighted by Crippen LogP contribution is 2.24. The zero-order valence-corrected chi connectivity index (χ0v) is 18.5. The second-order valence-corrected chi connectivity index (χ2v) is 8.10. The largest absolute Gasteiger partial charge is 0.444 e. The fourth-order valence-corrected chi connectivity index (χ4v) is 2.76. The lowest BCUT2D eigenvalue weighted by atomic mass is 10.2. The molecule has 0 atom stereocenters. The van der Waals surface area contributed by atoms with Gasteiger partial charge < -0.3 is 20.4 Å². The maximum absolute atomic E-state index is 11.6. The number of carbonyl (C=O) groups excluding carboxylic acids is 1. The van der Waals surface area contributed by atoms with Crippen LogP contribution in [0, 0.1) is 0 Å². The first-order valence-electron chi connectivity index (χ1n) is 10.5. The molecular formula is C20H34N8O2. The summed E-state index contributed by atoms with van der Waals surface area (Å²) in [5, 5.41) is 15.4. The molecule has 0 aliphatic carbocycles. The number of hydrogen-bond acceptors (Lipinski definition) is 7. The Morgan fingerprint density at radius 3 is 2.73 bits per heavy atom. The molecule has 2 aromatic rings. The van der Waals surface area contributed by atoms with Crippen molar-refractivity contribution in [2.45, 2.75) is 78.5 Å². The number of hydrogen-bond donors (Lipinski definition) is 2. The second kappa shape index (κ2) is 11.3. The van der Waals surface area contributed by atoms with Gasteiger partial charge in [-0.1, -0.05) is 26.2 Å². The topological polar surface area (TPSA) is 125 Å². The number of nitrogens with two attached hydrogens (primary N) is 1. The van der Waals surface area contributed by atoms with Crippen LogP contribution in [-0.4, -0.2) is 37.6 Å². The average molecular weight is 419 g/mol. The average Bonchev–Trinajstić information content (AvgIpc) is 3.26. The van der Waals surface area contributed by atoms with Crippen LogP contribution in [0.1, 0.15) is 59.8 Å². The van der Waals surface area contributed by atoms with Crippen LogP contribution < -0.4 is 11.1 Å². The number of unbranched alkanes of at least 4 members (excludes halogenated alkanes) is 3. The molecule has 0 saturated heterocycles. The van der Waals surface area contributed by atoms with Gasteiger partial charge in [-0.05, 0) is 33.6 Å². The van der Waals surface area contributed by atoms with E-state index in [1.54, 1.807) is 17.1 Å². The van der Waals surface area contributed by atoms with E-state index in [2.05, 4.69) is 32.6 Å². The van der Waals surface area contributed by atoms with E-state index in [0.717, 1.165) is 13.0 Å². The Bertz CT molecular complexity index is 819. The molecule has 10 heteroatoms. The summed E-state index contributed by atoms with van der Waals surface area (Å²) in [5.41, 5.74) is 6.11. The number of aryl methyl sites for hydroxylation is 2. The highest BCUT2D eigenvalue weighted by Gasteiger charge is 2.15. The van der Waals surface area contributed by atoms with Crippen LogP contribution in [0.25, 0.3) is 0 Å². The van der Waals surface area contributed by atoms with Crippen molar-refractivity contribution in [1.29, 1.82) is 0 Å². The molecule has 0 unspecified atom stereocenters. The van der Waals surface area contributed by atoms with Gasteiger partial charge in [0.25, 0.3) is 0 Å². The number of azo groups is 1. The molecule has 1 amide bonds. The number of nitrogens with zero attached hydrogens (tertiary/aromatic N) is 6. The Labute approximate surface area is 177 Å². The third kappa shape index (κ3) is 7.84. The van der Waals surface area contributed by atoms with Crippen LogP contribution in [0.4, 0.5) is 22.2 Å². The number of imidazole rings is 1. The van der Waals surface area contributed by atoms with Crippen LogP contribution in [0.3, 0.4) is 0 Å². The standard InChI is InChI=1S/C20H34N8O2/c1-5-6-7-8-12-27-14-11-22-18(27)26-25-16-15-24-28(17(16)21)13-9-10-23-19(29)30-20(2,3)4/h11,14-15H,5-10,12-13,21H2,1-4H3,(H,23,29)/b26-25+. The third-order valence-electron chi connectivity index (χ3n) is 4.27. The Balaban J connectivity index is 1.83. The zero-order valence-electron chi connectivity index (χ0n) is 18.5. The molecule has 10 nitrogen and oxygen atoms in total.